The molecule has 198 valence electrons. The van der Waals surface area contributed by atoms with E-state index in [0.717, 1.165) is 17.7 Å². The number of nitrogens with zero attached hydrogens (tertiary/aromatic N) is 3. The van der Waals surface area contributed by atoms with Crippen LogP contribution in [0.25, 0.3) is 0 Å². The monoisotopic (exact) mass is 518 g/mol. The van der Waals surface area contributed by atoms with Gasteiger partial charge in [0.25, 0.3) is 5.91 Å². The molecule has 1 unspecified atom stereocenters. The number of benzene rings is 1. The van der Waals surface area contributed by atoms with Gasteiger partial charge in [-0.1, -0.05) is 37.3 Å². The Bertz CT molecular complexity index is 1180. The minimum atomic E-state index is -1.83. The summed E-state index contributed by atoms with van der Waals surface area (Å²) in [7, 11) is -1.83. The van der Waals surface area contributed by atoms with Crippen LogP contribution in [0.3, 0.4) is 0 Å². The Morgan fingerprint density at radius 3 is 2.39 bits per heavy atom. The third-order valence-corrected chi connectivity index (χ3v) is 5.79. The van der Waals surface area contributed by atoms with E-state index in [1.54, 1.807) is 12.1 Å². The van der Waals surface area contributed by atoms with Gasteiger partial charge < -0.3 is 26.0 Å². The molecule has 0 radical (unpaired) electrons. The largest absolute Gasteiger partial charge is 0.475 e. The summed E-state index contributed by atoms with van der Waals surface area (Å²) in [6.45, 7) is 1.96. The van der Waals surface area contributed by atoms with Crippen molar-refractivity contribution in [3.8, 4) is 0 Å². The van der Waals surface area contributed by atoms with Crippen LogP contribution in [-0.4, -0.2) is 61.8 Å². The van der Waals surface area contributed by atoms with Gasteiger partial charge in [-0.15, -0.1) is 0 Å². The molecule has 1 aromatic carbocycles. The Kier molecular flexibility index (Phi) is 10.9. The van der Waals surface area contributed by atoms with Crippen molar-refractivity contribution in [2.45, 2.75) is 51.0 Å². The molecule has 2 aromatic heterocycles. The molecule has 3 aromatic rings. The molecule has 2 heterocycles. The Morgan fingerprint density at radius 1 is 0.974 bits per heavy atom. The van der Waals surface area contributed by atoms with Crippen LogP contribution in [0.4, 0.5) is 5.69 Å². The van der Waals surface area contributed by atoms with Crippen molar-refractivity contribution in [1.29, 1.82) is 0 Å². The Labute approximate surface area is 221 Å². The molecule has 3 amide bonds. The van der Waals surface area contributed by atoms with Crippen molar-refractivity contribution in [1.82, 2.24) is 25.6 Å². The minimum absolute atomic E-state index is 0.0355. The van der Waals surface area contributed by atoms with E-state index >= 15 is 0 Å². The van der Waals surface area contributed by atoms with Crippen LogP contribution in [0.2, 0.25) is 0 Å². The highest BCUT2D eigenvalue weighted by Gasteiger charge is 2.31. The lowest BCUT2D eigenvalue weighted by Crippen LogP contribution is -2.54. The van der Waals surface area contributed by atoms with Crippen LogP contribution in [0.1, 0.15) is 47.9 Å². The number of pyridine rings is 1. The summed E-state index contributed by atoms with van der Waals surface area (Å²) in [4.78, 5) is 50.6. The van der Waals surface area contributed by atoms with E-state index in [0.29, 0.717) is 18.5 Å². The first kappa shape index (κ1) is 28.4. The fraction of sp³-hybridized carbons (Fsp3) is 0.308. The molecule has 0 fully saturated rings. The van der Waals surface area contributed by atoms with Crippen molar-refractivity contribution in [3.05, 3.63) is 84.2 Å². The SMILES string of the molecule is CCc1ccc(NC(=O)CC(NC(=O)c2cnccn2)C(=O)N[C@@H](CCCc2ccccc2)B(O)O)cn1. The third kappa shape index (κ3) is 9.05. The number of nitrogens with one attached hydrogen (secondary N) is 3. The average Bonchev–Trinajstić information content (AvgIpc) is 2.93. The molecular weight excluding hydrogens is 487 g/mol. The van der Waals surface area contributed by atoms with E-state index in [9.17, 15) is 24.4 Å². The van der Waals surface area contributed by atoms with Gasteiger partial charge in [0, 0.05) is 18.1 Å². The van der Waals surface area contributed by atoms with Crippen LogP contribution in [0, 0.1) is 0 Å². The number of carbonyl (C=O) groups excluding carboxylic acids is 3. The number of rotatable bonds is 13. The third-order valence-electron chi connectivity index (χ3n) is 5.79. The Hall–Kier alpha value is -4.16. The van der Waals surface area contributed by atoms with Crippen molar-refractivity contribution in [2.75, 3.05) is 5.32 Å². The van der Waals surface area contributed by atoms with E-state index in [1.165, 1.54) is 24.8 Å². The standard InChI is InChI=1S/C26H31BN6O5/c1-2-19-11-12-20(16-30-19)31-24(34)15-21(32-26(36)22-17-28-13-14-29-22)25(35)33-23(27(37)38)10-6-9-18-7-4-3-5-8-18/h3-5,7-8,11-14,16-17,21,23,37-38H,2,6,9-10,15H2,1H3,(H,31,34)(H,32,36)(H,33,35)/t21?,23-/m0/s1. The summed E-state index contributed by atoms with van der Waals surface area (Å²) in [5.74, 6) is -2.99. The van der Waals surface area contributed by atoms with Crippen molar-refractivity contribution < 1.29 is 24.4 Å². The molecule has 0 bridgehead atoms. The van der Waals surface area contributed by atoms with Gasteiger partial charge >= 0.3 is 7.12 Å². The fourth-order valence-corrected chi connectivity index (χ4v) is 3.71. The topological polar surface area (TPSA) is 166 Å². The maximum Gasteiger partial charge on any atom is 0.475 e. The fourth-order valence-electron chi connectivity index (χ4n) is 3.71. The van der Waals surface area contributed by atoms with Gasteiger partial charge in [-0.3, -0.25) is 24.4 Å². The van der Waals surface area contributed by atoms with Crippen LogP contribution in [0.15, 0.2) is 67.3 Å². The minimum Gasteiger partial charge on any atom is -0.426 e. The van der Waals surface area contributed by atoms with Crippen molar-refractivity contribution in [3.63, 3.8) is 0 Å². The summed E-state index contributed by atoms with van der Waals surface area (Å²) < 4.78 is 0. The number of aromatic nitrogens is 3. The van der Waals surface area contributed by atoms with E-state index in [-0.39, 0.29) is 12.1 Å². The molecule has 2 atom stereocenters. The van der Waals surface area contributed by atoms with E-state index in [1.807, 2.05) is 37.3 Å². The first-order chi connectivity index (χ1) is 18.4. The van der Waals surface area contributed by atoms with Gasteiger partial charge in [0.2, 0.25) is 11.8 Å². The first-order valence-corrected chi connectivity index (χ1v) is 12.4. The summed E-state index contributed by atoms with van der Waals surface area (Å²) in [5.41, 5.74) is 2.34. The molecule has 11 nitrogen and oxygen atoms in total. The first-order valence-electron chi connectivity index (χ1n) is 12.4. The Balaban J connectivity index is 1.67. The highest BCUT2D eigenvalue weighted by molar-refractivity contribution is 6.43. The van der Waals surface area contributed by atoms with E-state index in [2.05, 4.69) is 30.9 Å². The normalized spacial score (nSPS) is 12.2. The van der Waals surface area contributed by atoms with Crippen molar-refractivity contribution in [2.24, 2.45) is 0 Å². The van der Waals surface area contributed by atoms with Gasteiger partial charge in [0.1, 0.15) is 11.7 Å². The molecule has 0 spiro atoms. The molecule has 0 saturated carbocycles. The van der Waals surface area contributed by atoms with Crippen molar-refractivity contribution >= 4 is 30.5 Å². The molecule has 3 rings (SSSR count). The molecule has 38 heavy (non-hydrogen) atoms. The number of anilines is 1. The van der Waals surface area contributed by atoms with Crippen LogP contribution in [0.5, 0.6) is 0 Å². The summed E-state index contributed by atoms with van der Waals surface area (Å²) in [5, 5.41) is 27.5. The molecule has 0 aliphatic carbocycles. The van der Waals surface area contributed by atoms with Gasteiger partial charge in [-0.05, 0) is 43.4 Å². The summed E-state index contributed by atoms with van der Waals surface area (Å²) in [6.07, 6.45) is 7.32. The lowest BCUT2D eigenvalue weighted by Gasteiger charge is -2.23. The number of hydrogen-bond acceptors (Lipinski definition) is 8. The van der Waals surface area contributed by atoms with Gasteiger partial charge in [0.15, 0.2) is 0 Å². The number of aryl methyl sites for hydroxylation is 2. The summed E-state index contributed by atoms with van der Waals surface area (Å²) >= 11 is 0. The van der Waals surface area contributed by atoms with Crippen LogP contribution >= 0.6 is 0 Å². The lowest BCUT2D eigenvalue weighted by atomic mass is 9.76. The predicted molar refractivity (Wildman–Crippen MR) is 142 cm³/mol. The average molecular weight is 518 g/mol. The molecule has 0 aliphatic rings. The molecule has 0 saturated heterocycles. The second-order valence-electron chi connectivity index (χ2n) is 8.67. The van der Waals surface area contributed by atoms with E-state index < -0.39 is 43.2 Å². The molecule has 0 aliphatic heterocycles. The lowest BCUT2D eigenvalue weighted by molar-refractivity contribution is -0.126. The predicted octanol–water partition coefficient (Wildman–Crippen LogP) is 1.08. The van der Waals surface area contributed by atoms with Crippen LogP contribution < -0.4 is 16.0 Å². The highest BCUT2D eigenvalue weighted by atomic mass is 16.4. The smallest absolute Gasteiger partial charge is 0.426 e. The van der Waals surface area contributed by atoms with Gasteiger partial charge in [0.05, 0.1) is 30.4 Å². The maximum atomic E-state index is 13.2. The highest BCUT2D eigenvalue weighted by Crippen LogP contribution is 2.10. The molecular formula is C26H31BN6O5. The van der Waals surface area contributed by atoms with Gasteiger partial charge in [-0.25, -0.2) is 4.98 Å². The zero-order valence-corrected chi connectivity index (χ0v) is 21.1. The van der Waals surface area contributed by atoms with E-state index in [4.69, 9.17) is 0 Å². The second kappa shape index (κ2) is 14.6. The molecule has 5 N–H and O–H groups in total. The number of amides is 3. The number of carbonyl (C=O) groups is 3. The zero-order chi connectivity index (χ0) is 27.3. The summed E-state index contributed by atoms with van der Waals surface area (Å²) in [6, 6.07) is 11.8. The second-order valence-corrected chi connectivity index (χ2v) is 8.67. The Morgan fingerprint density at radius 2 is 1.76 bits per heavy atom. The number of hydrogen-bond donors (Lipinski definition) is 5. The van der Waals surface area contributed by atoms with Crippen LogP contribution in [-0.2, 0) is 22.4 Å². The molecule has 12 heteroatoms. The van der Waals surface area contributed by atoms with Gasteiger partial charge in [-0.2, -0.15) is 0 Å². The zero-order valence-electron chi connectivity index (χ0n) is 21.1. The maximum absolute atomic E-state index is 13.2. The quantitative estimate of drug-likeness (QED) is 0.210.